The molecule has 0 saturated carbocycles. The Morgan fingerprint density at radius 2 is 2.14 bits per heavy atom. The van der Waals surface area contributed by atoms with Crippen molar-refractivity contribution in [2.75, 3.05) is 33.4 Å². The number of ether oxygens (including phenoxy) is 1. The summed E-state index contributed by atoms with van der Waals surface area (Å²) in [6.45, 7) is 5.43. The highest BCUT2D eigenvalue weighted by Crippen LogP contribution is 2.22. The summed E-state index contributed by atoms with van der Waals surface area (Å²) >= 11 is 0. The van der Waals surface area contributed by atoms with Gasteiger partial charge in [0.25, 0.3) is 0 Å². The number of nitrogens with zero attached hydrogens (tertiary/aromatic N) is 1. The molecule has 0 spiro atoms. The van der Waals surface area contributed by atoms with Gasteiger partial charge >= 0.3 is 0 Å². The predicted octanol–water partition coefficient (Wildman–Crippen LogP) is 1.26. The monoisotopic (exact) mass is 201 g/mol. The molecule has 84 valence electrons. The Morgan fingerprint density at radius 1 is 1.36 bits per heavy atom. The first-order valence-electron chi connectivity index (χ1n) is 5.65. The summed E-state index contributed by atoms with van der Waals surface area (Å²) in [6.07, 6.45) is 3.81. The van der Waals surface area contributed by atoms with Crippen LogP contribution in [0.4, 0.5) is 0 Å². The average Bonchev–Trinajstić information content (AvgIpc) is 2.30. The molecule has 1 fully saturated rings. The zero-order valence-electron chi connectivity index (χ0n) is 9.46. The maximum Gasteiger partial charge on any atom is 0.0892 e. The molecule has 1 unspecified atom stereocenters. The Hall–Kier alpha value is -0.120. The maximum atomic E-state index is 10.2. The Labute approximate surface area is 87.1 Å². The summed E-state index contributed by atoms with van der Waals surface area (Å²) in [4.78, 5) is 2.28. The van der Waals surface area contributed by atoms with Crippen LogP contribution in [0.1, 0.15) is 32.6 Å². The third-order valence-electron chi connectivity index (χ3n) is 2.86. The van der Waals surface area contributed by atoms with Gasteiger partial charge < -0.3 is 14.7 Å². The van der Waals surface area contributed by atoms with Crippen molar-refractivity contribution in [1.29, 1.82) is 0 Å². The molecule has 1 aliphatic heterocycles. The van der Waals surface area contributed by atoms with Crippen LogP contribution < -0.4 is 0 Å². The molecule has 1 saturated heterocycles. The molecule has 3 heteroatoms. The smallest absolute Gasteiger partial charge is 0.0892 e. The summed E-state index contributed by atoms with van der Waals surface area (Å²) in [5, 5.41) is 10.2. The largest absolute Gasteiger partial charge is 0.387 e. The molecule has 3 nitrogen and oxygen atoms in total. The lowest BCUT2D eigenvalue weighted by Crippen LogP contribution is -2.35. The van der Waals surface area contributed by atoms with Crippen LogP contribution in [0.15, 0.2) is 0 Å². The van der Waals surface area contributed by atoms with Crippen LogP contribution >= 0.6 is 0 Å². The van der Waals surface area contributed by atoms with Crippen molar-refractivity contribution in [2.45, 2.75) is 38.2 Å². The van der Waals surface area contributed by atoms with E-state index >= 15 is 0 Å². The van der Waals surface area contributed by atoms with Gasteiger partial charge in [0.1, 0.15) is 0 Å². The summed E-state index contributed by atoms with van der Waals surface area (Å²) in [6, 6.07) is 0. The Morgan fingerprint density at radius 3 is 2.86 bits per heavy atom. The predicted molar refractivity (Wildman–Crippen MR) is 57.4 cm³/mol. The molecule has 1 rings (SSSR count). The number of rotatable bonds is 4. The van der Waals surface area contributed by atoms with Crippen molar-refractivity contribution in [3.05, 3.63) is 0 Å². The first kappa shape index (κ1) is 12.0. The summed E-state index contributed by atoms with van der Waals surface area (Å²) < 4.78 is 5.45. The van der Waals surface area contributed by atoms with E-state index in [1.807, 2.05) is 0 Å². The highest BCUT2D eigenvalue weighted by Gasteiger charge is 2.29. The van der Waals surface area contributed by atoms with Crippen LogP contribution in [-0.4, -0.2) is 49.0 Å². The quantitative estimate of drug-likeness (QED) is 0.695. The molecule has 0 amide bonds. The fourth-order valence-corrected chi connectivity index (χ4v) is 1.86. The van der Waals surface area contributed by atoms with E-state index in [1.54, 1.807) is 0 Å². The average molecular weight is 201 g/mol. The lowest BCUT2D eigenvalue weighted by Gasteiger charge is -2.26. The molecule has 14 heavy (non-hydrogen) atoms. The third-order valence-corrected chi connectivity index (χ3v) is 2.86. The van der Waals surface area contributed by atoms with Gasteiger partial charge in [-0.25, -0.2) is 0 Å². The number of hydrogen-bond acceptors (Lipinski definition) is 3. The molecule has 1 heterocycles. The first-order valence-corrected chi connectivity index (χ1v) is 5.65. The number of likely N-dealkylation sites (tertiary alicyclic amines) is 1. The van der Waals surface area contributed by atoms with Crippen LogP contribution in [0, 0.1) is 0 Å². The first-order chi connectivity index (χ1) is 6.66. The summed E-state index contributed by atoms with van der Waals surface area (Å²) in [5.41, 5.74) is -0.570. The van der Waals surface area contributed by atoms with Gasteiger partial charge in [0.2, 0.25) is 0 Å². The van der Waals surface area contributed by atoms with E-state index in [0.29, 0.717) is 6.61 Å². The lowest BCUT2D eigenvalue weighted by atomic mass is 9.96. The highest BCUT2D eigenvalue weighted by atomic mass is 16.5. The molecule has 1 N–H and O–H groups in total. The topological polar surface area (TPSA) is 32.7 Å². The van der Waals surface area contributed by atoms with Crippen molar-refractivity contribution in [1.82, 2.24) is 4.90 Å². The van der Waals surface area contributed by atoms with Gasteiger partial charge in [-0.05, 0) is 39.3 Å². The van der Waals surface area contributed by atoms with Crippen molar-refractivity contribution in [2.24, 2.45) is 0 Å². The van der Waals surface area contributed by atoms with Gasteiger partial charge in [0, 0.05) is 13.2 Å². The van der Waals surface area contributed by atoms with E-state index in [1.165, 1.54) is 0 Å². The third kappa shape index (κ3) is 3.95. The zero-order valence-corrected chi connectivity index (χ0v) is 9.46. The maximum absolute atomic E-state index is 10.2. The van der Waals surface area contributed by atoms with Gasteiger partial charge in [0.15, 0.2) is 0 Å². The molecule has 0 aromatic carbocycles. The molecular formula is C11H23NO2. The van der Waals surface area contributed by atoms with Gasteiger partial charge in [0.05, 0.1) is 12.2 Å². The molecule has 1 atom stereocenters. The zero-order chi connectivity index (χ0) is 10.4. The second-order valence-corrected chi connectivity index (χ2v) is 4.43. The van der Waals surface area contributed by atoms with Crippen LogP contribution in [0.3, 0.4) is 0 Å². The highest BCUT2D eigenvalue weighted by molar-refractivity contribution is 4.82. The molecule has 1 aliphatic rings. The molecule has 0 aliphatic carbocycles. The molecule has 0 aromatic heterocycles. The fourth-order valence-electron chi connectivity index (χ4n) is 1.86. The molecule has 0 radical (unpaired) electrons. The second kappa shape index (κ2) is 5.69. The molecule has 0 aromatic rings. The lowest BCUT2D eigenvalue weighted by molar-refractivity contribution is -0.0545. The van der Waals surface area contributed by atoms with Crippen LogP contribution in [0.5, 0.6) is 0 Å². The van der Waals surface area contributed by atoms with E-state index in [0.717, 1.165) is 45.4 Å². The number of hydrogen-bond donors (Lipinski definition) is 1. The van der Waals surface area contributed by atoms with Gasteiger partial charge in [-0.3, -0.25) is 0 Å². The van der Waals surface area contributed by atoms with Crippen molar-refractivity contribution >= 4 is 0 Å². The summed E-state index contributed by atoms with van der Waals surface area (Å²) in [5.74, 6) is 0. The second-order valence-electron chi connectivity index (χ2n) is 4.43. The Kier molecular flexibility index (Phi) is 4.85. The SMILES string of the molecule is CCCOCC1(O)CCCN(C)CC1. The Balaban J connectivity index is 2.31. The number of aliphatic hydroxyl groups is 1. The van der Waals surface area contributed by atoms with Crippen molar-refractivity contribution < 1.29 is 9.84 Å². The minimum atomic E-state index is -0.570. The van der Waals surface area contributed by atoms with E-state index in [9.17, 15) is 5.11 Å². The molecule has 0 bridgehead atoms. The minimum Gasteiger partial charge on any atom is -0.387 e. The van der Waals surface area contributed by atoms with Crippen molar-refractivity contribution in [3.8, 4) is 0 Å². The van der Waals surface area contributed by atoms with Gasteiger partial charge in [-0.2, -0.15) is 0 Å². The normalized spacial score (nSPS) is 30.2. The van der Waals surface area contributed by atoms with Gasteiger partial charge in [-0.1, -0.05) is 6.92 Å². The van der Waals surface area contributed by atoms with E-state index in [2.05, 4.69) is 18.9 Å². The Bertz CT molecular complexity index is 163. The van der Waals surface area contributed by atoms with Crippen LogP contribution in [0.25, 0.3) is 0 Å². The fraction of sp³-hybridized carbons (Fsp3) is 1.00. The summed E-state index contributed by atoms with van der Waals surface area (Å²) in [7, 11) is 2.11. The van der Waals surface area contributed by atoms with E-state index in [-0.39, 0.29) is 0 Å². The standard InChI is InChI=1S/C11H23NO2/c1-3-9-14-10-11(13)5-4-7-12(2)8-6-11/h13H,3-10H2,1-2H3. The van der Waals surface area contributed by atoms with Gasteiger partial charge in [-0.15, -0.1) is 0 Å². The molecular weight excluding hydrogens is 178 g/mol. The van der Waals surface area contributed by atoms with E-state index in [4.69, 9.17) is 4.74 Å². The van der Waals surface area contributed by atoms with E-state index < -0.39 is 5.60 Å². The van der Waals surface area contributed by atoms with Crippen LogP contribution in [0.2, 0.25) is 0 Å². The van der Waals surface area contributed by atoms with Crippen LogP contribution in [-0.2, 0) is 4.74 Å². The van der Waals surface area contributed by atoms with Crippen molar-refractivity contribution in [3.63, 3.8) is 0 Å². The minimum absolute atomic E-state index is 0.509.